The predicted octanol–water partition coefficient (Wildman–Crippen LogP) is 2.06. The molecule has 88 valence electrons. The highest BCUT2D eigenvalue weighted by molar-refractivity contribution is 5.75. The Morgan fingerprint density at radius 2 is 2.20 bits per heavy atom. The highest BCUT2D eigenvalue weighted by Gasteiger charge is 2.24. The first kappa shape index (κ1) is 12.5. The number of esters is 1. The third-order valence-corrected chi connectivity index (χ3v) is 3.55. The first-order valence-corrected chi connectivity index (χ1v) is 6.01. The summed E-state index contributed by atoms with van der Waals surface area (Å²) < 4.78 is 4.78. The van der Waals surface area contributed by atoms with Crippen molar-refractivity contribution in [2.75, 3.05) is 20.2 Å². The zero-order valence-corrected chi connectivity index (χ0v) is 10.2. The second kappa shape index (κ2) is 6.11. The zero-order chi connectivity index (χ0) is 11.3. The summed E-state index contributed by atoms with van der Waals surface area (Å²) >= 11 is 0. The van der Waals surface area contributed by atoms with E-state index in [1.165, 1.54) is 32.8 Å². The summed E-state index contributed by atoms with van der Waals surface area (Å²) in [5.74, 6) is 0.741. The van der Waals surface area contributed by atoms with Crippen molar-refractivity contribution >= 4 is 5.97 Å². The van der Waals surface area contributed by atoms with Gasteiger partial charge in [-0.3, -0.25) is 9.69 Å². The Balaban J connectivity index is 2.46. The van der Waals surface area contributed by atoms with Gasteiger partial charge in [-0.05, 0) is 45.2 Å². The maximum Gasteiger partial charge on any atom is 0.322 e. The van der Waals surface area contributed by atoms with Gasteiger partial charge in [-0.2, -0.15) is 0 Å². The maximum absolute atomic E-state index is 11.4. The zero-order valence-electron chi connectivity index (χ0n) is 10.2. The topological polar surface area (TPSA) is 29.5 Å². The number of hydrogen-bond acceptors (Lipinski definition) is 3. The number of carbonyl (C=O) groups is 1. The van der Waals surface area contributed by atoms with Gasteiger partial charge in [0.15, 0.2) is 0 Å². The maximum atomic E-state index is 11.4. The summed E-state index contributed by atoms with van der Waals surface area (Å²) in [5, 5.41) is 0. The smallest absolute Gasteiger partial charge is 0.322 e. The van der Waals surface area contributed by atoms with Crippen LogP contribution in [0.5, 0.6) is 0 Å². The number of ether oxygens (including phenoxy) is 1. The lowest BCUT2D eigenvalue weighted by molar-refractivity contribution is -0.146. The Morgan fingerprint density at radius 1 is 1.47 bits per heavy atom. The van der Waals surface area contributed by atoms with Gasteiger partial charge in [-0.15, -0.1) is 0 Å². The van der Waals surface area contributed by atoms with Crippen LogP contribution in [0.4, 0.5) is 0 Å². The lowest BCUT2D eigenvalue weighted by Crippen LogP contribution is -2.40. The predicted molar refractivity (Wildman–Crippen MR) is 60.7 cm³/mol. The standard InChI is InChI=1S/C12H23NO2/c1-4-11-6-5-8-13(9-7-11)10(2)12(14)15-3/h10-11H,4-9H2,1-3H3. The van der Waals surface area contributed by atoms with Crippen molar-refractivity contribution in [3.63, 3.8) is 0 Å². The quantitative estimate of drug-likeness (QED) is 0.672. The molecule has 1 aliphatic heterocycles. The van der Waals surface area contributed by atoms with Crippen LogP contribution in [0.3, 0.4) is 0 Å². The van der Waals surface area contributed by atoms with E-state index in [0.717, 1.165) is 19.0 Å². The monoisotopic (exact) mass is 213 g/mol. The number of rotatable bonds is 3. The Bertz CT molecular complexity index is 206. The van der Waals surface area contributed by atoms with Crippen molar-refractivity contribution in [1.82, 2.24) is 4.90 Å². The van der Waals surface area contributed by atoms with Gasteiger partial charge in [0.25, 0.3) is 0 Å². The molecule has 1 aliphatic rings. The molecular formula is C12H23NO2. The fourth-order valence-electron chi connectivity index (χ4n) is 2.30. The van der Waals surface area contributed by atoms with Gasteiger partial charge in [0.05, 0.1) is 7.11 Å². The van der Waals surface area contributed by atoms with Crippen LogP contribution in [0.15, 0.2) is 0 Å². The lowest BCUT2D eigenvalue weighted by Gasteiger charge is -2.25. The molecule has 3 heteroatoms. The van der Waals surface area contributed by atoms with Crippen LogP contribution < -0.4 is 0 Å². The third-order valence-electron chi connectivity index (χ3n) is 3.55. The van der Waals surface area contributed by atoms with Crippen molar-refractivity contribution in [3.05, 3.63) is 0 Å². The molecule has 0 saturated carbocycles. The van der Waals surface area contributed by atoms with Crippen molar-refractivity contribution in [2.45, 2.75) is 45.6 Å². The molecule has 3 nitrogen and oxygen atoms in total. The number of nitrogens with zero attached hydrogens (tertiary/aromatic N) is 1. The van der Waals surface area contributed by atoms with Crippen LogP contribution in [-0.4, -0.2) is 37.1 Å². The summed E-state index contributed by atoms with van der Waals surface area (Å²) in [6, 6.07) is -0.0781. The molecule has 0 bridgehead atoms. The van der Waals surface area contributed by atoms with E-state index in [0.29, 0.717) is 0 Å². The number of methoxy groups -OCH3 is 1. The number of likely N-dealkylation sites (tertiary alicyclic amines) is 1. The molecule has 1 rings (SSSR count). The van der Waals surface area contributed by atoms with E-state index in [1.54, 1.807) is 0 Å². The van der Waals surface area contributed by atoms with Crippen molar-refractivity contribution in [1.29, 1.82) is 0 Å². The minimum Gasteiger partial charge on any atom is -0.468 e. The van der Waals surface area contributed by atoms with Gasteiger partial charge in [-0.25, -0.2) is 0 Å². The van der Waals surface area contributed by atoms with Crippen LogP contribution in [0.1, 0.15) is 39.5 Å². The van der Waals surface area contributed by atoms with E-state index in [-0.39, 0.29) is 12.0 Å². The second-order valence-electron chi connectivity index (χ2n) is 4.44. The Labute approximate surface area is 92.8 Å². The molecule has 1 fully saturated rings. The SMILES string of the molecule is CCC1CCCN(C(C)C(=O)OC)CC1. The Morgan fingerprint density at radius 3 is 2.80 bits per heavy atom. The van der Waals surface area contributed by atoms with E-state index in [2.05, 4.69) is 11.8 Å². The molecule has 0 aromatic carbocycles. The molecular weight excluding hydrogens is 190 g/mol. The molecule has 0 aliphatic carbocycles. The molecule has 0 N–H and O–H groups in total. The van der Waals surface area contributed by atoms with Crippen LogP contribution in [0.25, 0.3) is 0 Å². The molecule has 0 aromatic rings. The largest absolute Gasteiger partial charge is 0.468 e. The summed E-state index contributed by atoms with van der Waals surface area (Å²) in [4.78, 5) is 13.7. The summed E-state index contributed by atoms with van der Waals surface area (Å²) in [7, 11) is 1.46. The van der Waals surface area contributed by atoms with Crippen molar-refractivity contribution in [3.8, 4) is 0 Å². The summed E-state index contributed by atoms with van der Waals surface area (Å²) in [5.41, 5.74) is 0. The van der Waals surface area contributed by atoms with Crippen LogP contribution in [0, 0.1) is 5.92 Å². The van der Waals surface area contributed by atoms with E-state index < -0.39 is 0 Å². The minimum absolute atomic E-state index is 0.0781. The highest BCUT2D eigenvalue weighted by atomic mass is 16.5. The second-order valence-corrected chi connectivity index (χ2v) is 4.44. The lowest BCUT2D eigenvalue weighted by atomic mass is 9.98. The van der Waals surface area contributed by atoms with Gasteiger partial charge in [0.2, 0.25) is 0 Å². The molecule has 0 amide bonds. The van der Waals surface area contributed by atoms with E-state index in [1.807, 2.05) is 6.92 Å². The highest BCUT2D eigenvalue weighted by Crippen LogP contribution is 2.21. The first-order chi connectivity index (χ1) is 7.19. The molecule has 0 radical (unpaired) electrons. The summed E-state index contributed by atoms with van der Waals surface area (Å²) in [6.07, 6.45) is 5.00. The molecule has 2 unspecified atom stereocenters. The molecule has 15 heavy (non-hydrogen) atoms. The summed E-state index contributed by atoms with van der Waals surface area (Å²) in [6.45, 7) is 6.27. The molecule has 2 atom stereocenters. The average Bonchev–Trinajstić information content (AvgIpc) is 2.51. The molecule has 0 aromatic heterocycles. The van der Waals surface area contributed by atoms with E-state index in [4.69, 9.17) is 4.74 Å². The third kappa shape index (κ3) is 3.49. The van der Waals surface area contributed by atoms with Gasteiger partial charge in [0, 0.05) is 0 Å². The van der Waals surface area contributed by atoms with Gasteiger partial charge in [0.1, 0.15) is 6.04 Å². The van der Waals surface area contributed by atoms with Gasteiger partial charge < -0.3 is 4.74 Å². The molecule has 1 saturated heterocycles. The Hall–Kier alpha value is -0.570. The van der Waals surface area contributed by atoms with Crippen LogP contribution in [-0.2, 0) is 9.53 Å². The van der Waals surface area contributed by atoms with Crippen molar-refractivity contribution in [2.24, 2.45) is 5.92 Å². The van der Waals surface area contributed by atoms with E-state index >= 15 is 0 Å². The number of hydrogen-bond donors (Lipinski definition) is 0. The van der Waals surface area contributed by atoms with Crippen LogP contribution >= 0.6 is 0 Å². The average molecular weight is 213 g/mol. The normalized spacial score (nSPS) is 25.7. The first-order valence-electron chi connectivity index (χ1n) is 6.01. The Kier molecular flexibility index (Phi) is 5.09. The molecule has 0 spiro atoms. The van der Waals surface area contributed by atoms with Crippen molar-refractivity contribution < 1.29 is 9.53 Å². The molecule has 1 heterocycles. The van der Waals surface area contributed by atoms with Crippen LogP contribution in [0.2, 0.25) is 0 Å². The number of carbonyl (C=O) groups excluding carboxylic acids is 1. The van der Waals surface area contributed by atoms with Gasteiger partial charge >= 0.3 is 5.97 Å². The fourth-order valence-corrected chi connectivity index (χ4v) is 2.30. The fraction of sp³-hybridized carbons (Fsp3) is 0.917. The minimum atomic E-state index is -0.107. The van der Waals surface area contributed by atoms with E-state index in [9.17, 15) is 4.79 Å². The van der Waals surface area contributed by atoms with Gasteiger partial charge in [-0.1, -0.05) is 13.3 Å².